The molecule has 3 N–H and O–H groups in total. The van der Waals surface area contributed by atoms with Gasteiger partial charge in [0.05, 0.1) is 10.6 Å². The highest BCUT2D eigenvalue weighted by molar-refractivity contribution is 7.99. The van der Waals surface area contributed by atoms with Gasteiger partial charge in [0.2, 0.25) is 5.91 Å². The number of amides is 1. The van der Waals surface area contributed by atoms with Crippen LogP contribution in [0.15, 0.2) is 18.2 Å². The molecule has 92 valence electrons. The zero-order chi connectivity index (χ0) is 12.3. The second kappa shape index (κ2) is 5.65. The lowest BCUT2D eigenvalue weighted by Crippen LogP contribution is -2.14. The number of thioether (sulfide) groups is 1. The van der Waals surface area contributed by atoms with E-state index < -0.39 is 5.91 Å². The van der Waals surface area contributed by atoms with Crippen molar-refractivity contribution in [1.29, 1.82) is 0 Å². The average Bonchev–Trinajstić information content (AvgIpc) is 2.78. The van der Waals surface area contributed by atoms with Gasteiger partial charge in [-0.05, 0) is 42.0 Å². The highest BCUT2D eigenvalue weighted by Gasteiger charge is 2.15. The highest BCUT2D eigenvalue weighted by atomic mass is 35.5. The lowest BCUT2D eigenvalue weighted by Gasteiger charge is -2.12. The predicted octanol–water partition coefficient (Wildman–Crippen LogP) is 2.60. The molecule has 1 aliphatic heterocycles. The van der Waals surface area contributed by atoms with Crippen molar-refractivity contribution >= 4 is 35.0 Å². The van der Waals surface area contributed by atoms with Crippen LogP contribution in [0.25, 0.3) is 0 Å². The molecule has 17 heavy (non-hydrogen) atoms. The summed E-state index contributed by atoms with van der Waals surface area (Å²) in [6.07, 6.45) is 1.27. The lowest BCUT2D eigenvalue weighted by atomic mass is 10.1. The monoisotopic (exact) mass is 270 g/mol. The number of primary amides is 1. The maximum Gasteiger partial charge on any atom is 0.250 e. The number of hydrogen-bond donors (Lipinski definition) is 2. The number of anilines is 1. The molecule has 0 aromatic heterocycles. The summed E-state index contributed by atoms with van der Waals surface area (Å²) < 4.78 is 0. The normalized spacial score (nSPS) is 19.2. The van der Waals surface area contributed by atoms with Gasteiger partial charge in [-0.2, -0.15) is 11.8 Å². The summed E-state index contributed by atoms with van der Waals surface area (Å²) in [5.74, 6) is 2.72. The van der Waals surface area contributed by atoms with Crippen molar-refractivity contribution in [2.45, 2.75) is 6.42 Å². The van der Waals surface area contributed by atoms with E-state index in [9.17, 15) is 4.79 Å². The van der Waals surface area contributed by atoms with Gasteiger partial charge in [-0.3, -0.25) is 4.79 Å². The number of hydrogen-bond acceptors (Lipinski definition) is 3. The summed E-state index contributed by atoms with van der Waals surface area (Å²) in [6.45, 7) is 0.958. The van der Waals surface area contributed by atoms with Crippen LogP contribution in [0.4, 0.5) is 5.69 Å². The van der Waals surface area contributed by atoms with E-state index in [-0.39, 0.29) is 0 Å². The van der Waals surface area contributed by atoms with E-state index in [2.05, 4.69) is 5.32 Å². The molecule has 0 spiro atoms. The van der Waals surface area contributed by atoms with Crippen molar-refractivity contribution in [3.63, 3.8) is 0 Å². The molecule has 1 amide bonds. The first kappa shape index (κ1) is 12.6. The molecule has 1 aromatic rings. The Hall–Kier alpha value is -0.870. The van der Waals surface area contributed by atoms with Crippen molar-refractivity contribution in [2.24, 2.45) is 11.7 Å². The largest absolute Gasteiger partial charge is 0.385 e. The number of rotatable bonds is 4. The smallest absolute Gasteiger partial charge is 0.250 e. The molecule has 1 heterocycles. The summed E-state index contributed by atoms with van der Waals surface area (Å²) in [5.41, 5.74) is 6.50. The first-order valence-electron chi connectivity index (χ1n) is 5.58. The SMILES string of the molecule is NC(=O)c1ccc(NCC2CCSC2)cc1Cl. The fourth-order valence-electron chi connectivity index (χ4n) is 1.83. The third-order valence-electron chi connectivity index (χ3n) is 2.85. The van der Waals surface area contributed by atoms with Crippen molar-refractivity contribution < 1.29 is 4.79 Å². The molecule has 0 radical (unpaired) electrons. The van der Waals surface area contributed by atoms with Gasteiger partial charge in [0, 0.05) is 12.2 Å². The molecule has 1 unspecified atom stereocenters. The Bertz CT molecular complexity index is 419. The first-order chi connectivity index (χ1) is 8.16. The van der Waals surface area contributed by atoms with Crippen molar-refractivity contribution in [3.05, 3.63) is 28.8 Å². The third kappa shape index (κ3) is 3.30. The number of carbonyl (C=O) groups excluding carboxylic acids is 1. The van der Waals surface area contributed by atoms with Gasteiger partial charge in [-0.25, -0.2) is 0 Å². The van der Waals surface area contributed by atoms with E-state index >= 15 is 0 Å². The van der Waals surface area contributed by atoms with E-state index in [1.807, 2.05) is 17.8 Å². The van der Waals surface area contributed by atoms with Crippen LogP contribution in [0.3, 0.4) is 0 Å². The average molecular weight is 271 g/mol. The molecule has 0 bridgehead atoms. The lowest BCUT2D eigenvalue weighted by molar-refractivity contribution is 0.100. The van der Waals surface area contributed by atoms with Crippen LogP contribution < -0.4 is 11.1 Å². The molecule has 1 saturated heterocycles. The minimum atomic E-state index is -0.492. The molecule has 0 saturated carbocycles. The summed E-state index contributed by atoms with van der Waals surface area (Å²) in [5, 5.41) is 3.75. The fraction of sp³-hybridized carbons (Fsp3) is 0.417. The first-order valence-corrected chi connectivity index (χ1v) is 7.11. The van der Waals surface area contributed by atoms with Gasteiger partial charge in [0.15, 0.2) is 0 Å². The zero-order valence-electron chi connectivity index (χ0n) is 9.41. The maximum absolute atomic E-state index is 11.0. The Morgan fingerprint density at radius 2 is 2.41 bits per heavy atom. The Balaban J connectivity index is 1.97. The van der Waals surface area contributed by atoms with E-state index in [0.717, 1.165) is 18.2 Å². The van der Waals surface area contributed by atoms with Crippen LogP contribution in [-0.2, 0) is 0 Å². The van der Waals surface area contributed by atoms with E-state index in [4.69, 9.17) is 17.3 Å². The van der Waals surface area contributed by atoms with Gasteiger partial charge >= 0.3 is 0 Å². The van der Waals surface area contributed by atoms with Crippen LogP contribution in [-0.4, -0.2) is 24.0 Å². The minimum Gasteiger partial charge on any atom is -0.385 e. The Kier molecular flexibility index (Phi) is 4.18. The fourth-order valence-corrected chi connectivity index (χ4v) is 3.39. The number of nitrogens with two attached hydrogens (primary N) is 1. The standard InChI is InChI=1S/C12H15ClN2OS/c13-11-5-9(1-2-10(11)12(14)16)15-6-8-3-4-17-7-8/h1-2,5,8,15H,3-4,6-7H2,(H2,14,16). The third-order valence-corrected chi connectivity index (χ3v) is 4.40. The highest BCUT2D eigenvalue weighted by Crippen LogP contribution is 2.25. The number of benzene rings is 1. The second-order valence-electron chi connectivity index (χ2n) is 4.17. The van der Waals surface area contributed by atoms with Gasteiger partial charge in [0.1, 0.15) is 0 Å². The van der Waals surface area contributed by atoms with Gasteiger partial charge in [-0.15, -0.1) is 0 Å². The van der Waals surface area contributed by atoms with Crippen molar-refractivity contribution in [1.82, 2.24) is 0 Å². The summed E-state index contributed by atoms with van der Waals surface area (Å²) in [4.78, 5) is 11.0. The molecule has 2 rings (SSSR count). The minimum absolute atomic E-state index is 0.369. The Labute approximate surface area is 110 Å². The summed E-state index contributed by atoms with van der Waals surface area (Å²) in [6, 6.07) is 5.26. The summed E-state index contributed by atoms with van der Waals surface area (Å²) >= 11 is 7.97. The number of halogens is 1. The van der Waals surface area contributed by atoms with E-state index in [1.54, 1.807) is 12.1 Å². The molecule has 1 aromatic carbocycles. The van der Waals surface area contributed by atoms with E-state index in [0.29, 0.717) is 10.6 Å². The Morgan fingerprint density at radius 3 is 3.00 bits per heavy atom. The topological polar surface area (TPSA) is 55.1 Å². The van der Waals surface area contributed by atoms with Crippen LogP contribution in [0.2, 0.25) is 5.02 Å². The van der Waals surface area contributed by atoms with Crippen LogP contribution in [0, 0.1) is 5.92 Å². The summed E-state index contributed by atoms with van der Waals surface area (Å²) in [7, 11) is 0. The second-order valence-corrected chi connectivity index (χ2v) is 5.73. The van der Waals surface area contributed by atoms with Crippen LogP contribution in [0.5, 0.6) is 0 Å². The van der Waals surface area contributed by atoms with Crippen LogP contribution >= 0.6 is 23.4 Å². The van der Waals surface area contributed by atoms with Gasteiger partial charge < -0.3 is 11.1 Å². The van der Waals surface area contributed by atoms with Crippen LogP contribution in [0.1, 0.15) is 16.8 Å². The molecular weight excluding hydrogens is 256 g/mol. The number of nitrogens with one attached hydrogen (secondary N) is 1. The van der Waals surface area contributed by atoms with Crippen molar-refractivity contribution in [2.75, 3.05) is 23.4 Å². The predicted molar refractivity (Wildman–Crippen MR) is 73.9 cm³/mol. The van der Waals surface area contributed by atoms with Crippen molar-refractivity contribution in [3.8, 4) is 0 Å². The molecule has 1 atom stereocenters. The van der Waals surface area contributed by atoms with Gasteiger partial charge in [0.25, 0.3) is 0 Å². The number of carbonyl (C=O) groups is 1. The van der Waals surface area contributed by atoms with E-state index in [1.165, 1.54) is 17.9 Å². The molecule has 1 aliphatic rings. The molecule has 0 aliphatic carbocycles. The molecular formula is C12H15ClN2OS. The zero-order valence-corrected chi connectivity index (χ0v) is 11.0. The Morgan fingerprint density at radius 1 is 1.59 bits per heavy atom. The molecule has 5 heteroatoms. The van der Waals surface area contributed by atoms with Gasteiger partial charge in [-0.1, -0.05) is 11.6 Å². The molecule has 1 fully saturated rings. The quantitative estimate of drug-likeness (QED) is 0.884. The molecule has 3 nitrogen and oxygen atoms in total. The maximum atomic E-state index is 11.0.